The van der Waals surface area contributed by atoms with Gasteiger partial charge in [0.25, 0.3) is 0 Å². The Morgan fingerprint density at radius 3 is 2.21 bits per heavy atom. The van der Waals surface area contributed by atoms with Gasteiger partial charge < -0.3 is 19.1 Å². The fraction of sp³-hybridized carbons (Fsp3) is 0.143. The molecule has 0 saturated carbocycles. The molecule has 6 rings (SSSR count). The average Bonchev–Trinajstić information content (AvgIpc) is 3.36. The summed E-state index contributed by atoms with van der Waals surface area (Å²) >= 11 is 0. The standard InChI is InChI=1S/C35H30FN3O4/c1-3-42-35(41)38(2)31-27-15-10-20-37-30(27)33(43-32(24-11-6-4-7-12-24)25-13-8-5-9-14-25)29-28(31)22-39(34(29)40)21-23-16-18-26(36)19-17-23/h4-20,22,32,40H,3,21H2,1-2H3. The second-order valence-corrected chi connectivity index (χ2v) is 10.2. The van der Waals surface area contributed by atoms with Crippen LogP contribution in [0.15, 0.2) is 109 Å². The quantitative estimate of drug-likeness (QED) is 0.200. The number of fused-ring (bicyclic) bond motifs is 2. The van der Waals surface area contributed by atoms with Crippen molar-refractivity contribution in [2.24, 2.45) is 0 Å². The lowest BCUT2D eigenvalue weighted by Crippen LogP contribution is -2.27. The van der Waals surface area contributed by atoms with E-state index in [2.05, 4.69) is 0 Å². The van der Waals surface area contributed by atoms with Gasteiger partial charge in [0.15, 0.2) is 5.75 Å². The SMILES string of the molecule is CCOC(=O)N(C)c1c2cccnc2c(OC(c2ccccc2)c2ccccc2)c2c(O)n(Cc3ccc(F)cc3)cc12. The molecule has 7 nitrogen and oxygen atoms in total. The van der Waals surface area contributed by atoms with Crippen LogP contribution >= 0.6 is 0 Å². The molecule has 8 heteroatoms. The fourth-order valence-corrected chi connectivity index (χ4v) is 5.39. The number of hydrogen-bond donors (Lipinski definition) is 1. The highest BCUT2D eigenvalue weighted by atomic mass is 19.1. The Balaban J connectivity index is 1.62. The molecule has 0 unspecified atom stereocenters. The zero-order chi connectivity index (χ0) is 29.9. The summed E-state index contributed by atoms with van der Waals surface area (Å²) in [6, 6.07) is 29.4. The highest BCUT2D eigenvalue weighted by molar-refractivity contribution is 6.19. The molecular formula is C35H30FN3O4. The maximum atomic E-state index is 13.6. The Labute approximate surface area is 248 Å². The highest BCUT2D eigenvalue weighted by Gasteiger charge is 2.29. The minimum atomic E-state index is -0.542. The van der Waals surface area contributed by atoms with Gasteiger partial charge in [-0.3, -0.25) is 9.88 Å². The van der Waals surface area contributed by atoms with Crippen LogP contribution in [0.5, 0.6) is 11.6 Å². The third-order valence-electron chi connectivity index (χ3n) is 7.39. The van der Waals surface area contributed by atoms with E-state index in [4.69, 9.17) is 14.5 Å². The lowest BCUT2D eigenvalue weighted by molar-refractivity contribution is 0.161. The summed E-state index contributed by atoms with van der Waals surface area (Å²) in [5.41, 5.74) is 3.63. The van der Waals surface area contributed by atoms with E-state index in [0.717, 1.165) is 16.7 Å². The first kappa shape index (κ1) is 27.8. The number of halogens is 1. The first-order valence-corrected chi connectivity index (χ1v) is 14.0. The van der Waals surface area contributed by atoms with Crippen LogP contribution in [0.3, 0.4) is 0 Å². The maximum absolute atomic E-state index is 13.6. The number of hydrogen-bond acceptors (Lipinski definition) is 5. The van der Waals surface area contributed by atoms with E-state index < -0.39 is 12.2 Å². The van der Waals surface area contributed by atoms with Crippen molar-refractivity contribution in [2.45, 2.75) is 19.6 Å². The summed E-state index contributed by atoms with van der Waals surface area (Å²) in [5.74, 6) is -0.0372. The monoisotopic (exact) mass is 575 g/mol. The molecule has 0 spiro atoms. The third kappa shape index (κ3) is 5.35. The van der Waals surface area contributed by atoms with Gasteiger partial charge in [0.05, 0.1) is 24.2 Å². The third-order valence-corrected chi connectivity index (χ3v) is 7.39. The number of nitrogens with zero attached hydrogens (tertiary/aromatic N) is 3. The van der Waals surface area contributed by atoms with E-state index in [0.29, 0.717) is 33.1 Å². The molecule has 1 amide bonds. The fourth-order valence-electron chi connectivity index (χ4n) is 5.39. The number of benzene rings is 4. The van der Waals surface area contributed by atoms with Gasteiger partial charge in [-0.15, -0.1) is 0 Å². The van der Waals surface area contributed by atoms with Crippen molar-refractivity contribution < 1.29 is 23.8 Å². The first-order valence-electron chi connectivity index (χ1n) is 14.0. The van der Waals surface area contributed by atoms with Gasteiger partial charge >= 0.3 is 6.09 Å². The summed E-state index contributed by atoms with van der Waals surface area (Å²) < 4.78 is 27.5. The predicted octanol–water partition coefficient (Wildman–Crippen LogP) is 7.84. The molecule has 216 valence electrons. The van der Waals surface area contributed by atoms with Crippen molar-refractivity contribution in [2.75, 3.05) is 18.6 Å². The van der Waals surface area contributed by atoms with Gasteiger partial charge in [0, 0.05) is 30.2 Å². The maximum Gasteiger partial charge on any atom is 0.414 e. The topological polar surface area (TPSA) is 76.8 Å². The average molecular weight is 576 g/mol. The van der Waals surface area contributed by atoms with E-state index in [1.165, 1.54) is 17.0 Å². The van der Waals surface area contributed by atoms with Crippen LogP contribution in [0.2, 0.25) is 0 Å². The van der Waals surface area contributed by atoms with Crippen molar-refractivity contribution in [3.05, 3.63) is 132 Å². The molecule has 0 bridgehead atoms. The summed E-state index contributed by atoms with van der Waals surface area (Å²) in [5, 5.41) is 13.4. The van der Waals surface area contributed by atoms with E-state index in [9.17, 15) is 14.3 Å². The smallest absolute Gasteiger partial charge is 0.414 e. The second kappa shape index (κ2) is 11.9. The lowest BCUT2D eigenvalue weighted by atomic mass is 10.0. The molecule has 0 saturated heterocycles. The van der Waals surface area contributed by atoms with Gasteiger partial charge in [0.1, 0.15) is 17.4 Å². The number of amides is 1. The van der Waals surface area contributed by atoms with Crippen LogP contribution in [-0.4, -0.2) is 34.4 Å². The molecule has 1 N–H and O–H groups in total. The molecule has 2 heterocycles. The van der Waals surface area contributed by atoms with Crippen LogP contribution in [0, 0.1) is 5.82 Å². The predicted molar refractivity (Wildman–Crippen MR) is 165 cm³/mol. The summed E-state index contributed by atoms with van der Waals surface area (Å²) in [6.45, 7) is 2.21. The molecule has 43 heavy (non-hydrogen) atoms. The Hall–Kier alpha value is -5.37. The van der Waals surface area contributed by atoms with Gasteiger partial charge in [0.2, 0.25) is 5.88 Å². The summed E-state index contributed by atoms with van der Waals surface area (Å²) in [6.07, 6.45) is 2.37. The van der Waals surface area contributed by atoms with Crippen LogP contribution in [-0.2, 0) is 11.3 Å². The van der Waals surface area contributed by atoms with Crippen molar-refractivity contribution in [3.63, 3.8) is 0 Å². The normalized spacial score (nSPS) is 11.3. The summed E-state index contributed by atoms with van der Waals surface area (Å²) in [7, 11) is 1.63. The second-order valence-electron chi connectivity index (χ2n) is 10.2. The minimum Gasteiger partial charge on any atom is -0.494 e. The summed E-state index contributed by atoms with van der Waals surface area (Å²) in [4.78, 5) is 19.1. The molecule has 0 aliphatic heterocycles. The van der Waals surface area contributed by atoms with Gasteiger partial charge in [-0.05, 0) is 47.9 Å². The van der Waals surface area contributed by atoms with Crippen molar-refractivity contribution in [1.82, 2.24) is 9.55 Å². The number of rotatable bonds is 8. The Morgan fingerprint density at radius 2 is 1.58 bits per heavy atom. The highest BCUT2D eigenvalue weighted by Crippen LogP contribution is 2.48. The van der Waals surface area contributed by atoms with E-state index in [1.54, 1.807) is 49.1 Å². The van der Waals surface area contributed by atoms with Crippen LogP contribution in [0.25, 0.3) is 21.7 Å². The van der Waals surface area contributed by atoms with Crippen molar-refractivity contribution in [1.29, 1.82) is 0 Å². The molecule has 0 aliphatic rings. The van der Waals surface area contributed by atoms with E-state index in [1.807, 2.05) is 66.7 Å². The van der Waals surface area contributed by atoms with Gasteiger partial charge in [-0.2, -0.15) is 0 Å². The lowest BCUT2D eigenvalue weighted by Gasteiger charge is -2.24. The number of ether oxygens (including phenoxy) is 2. The number of aromatic nitrogens is 2. The number of pyridine rings is 1. The largest absolute Gasteiger partial charge is 0.494 e. The zero-order valence-corrected chi connectivity index (χ0v) is 23.8. The molecule has 0 atom stereocenters. The molecular weight excluding hydrogens is 545 g/mol. The molecule has 0 fully saturated rings. The van der Waals surface area contributed by atoms with Gasteiger partial charge in [-0.1, -0.05) is 72.8 Å². The van der Waals surface area contributed by atoms with Crippen molar-refractivity contribution in [3.8, 4) is 11.6 Å². The van der Waals surface area contributed by atoms with Crippen molar-refractivity contribution >= 4 is 33.5 Å². The first-order chi connectivity index (χ1) is 21.0. The molecule has 0 aliphatic carbocycles. The Kier molecular flexibility index (Phi) is 7.66. The zero-order valence-electron chi connectivity index (χ0n) is 23.8. The molecule has 2 aromatic heterocycles. The van der Waals surface area contributed by atoms with E-state index in [-0.39, 0.29) is 24.8 Å². The number of carbonyl (C=O) groups excluding carboxylic acids is 1. The van der Waals surface area contributed by atoms with Gasteiger partial charge in [-0.25, -0.2) is 9.18 Å². The molecule has 0 radical (unpaired) electrons. The Morgan fingerprint density at radius 1 is 0.930 bits per heavy atom. The number of carbonyl (C=O) groups is 1. The van der Waals surface area contributed by atoms with Crippen LogP contribution in [0.4, 0.5) is 14.9 Å². The van der Waals surface area contributed by atoms with E-state index >= 15 is 0 Å². The Bertz CT molecular complexity index is 1850. The minimum absolute atomic E-state index is 0.0692. The number of anilines is 1. The molecule has 4 aromatic carbocycles. The molecule has 6 aromatic rings. The number of aromatic hydroxyl groups is 1. The van der Waals surface area contributed by atoms with Crippen LogP contribution < -0.4 is 9.64 Å². The van der Waals surface area contributed by atoms with Crippen LogP contribution in [0.1, 0.15) is 29.7 Å².